The number of hydrogen-bond donors (Lipinski definition) is 1. The molecule has 1 atom stereocenters. The molecule has 1 aromatic heterocycles. The number of methoxy groups -OCH3 is 1. The molecule has 3 amide bonds. The van der Waals surface area contributed by atoms with Crippen LogP contribution in [0.3, 0.4) is 0 Å². The molecule has 0 radical (unpaired) electrons. The van der Waals surface area contributed by atoms with E-state index in [0.29, 0.717) is 40.1 Å². The molecule has 1 aliphatic heterocycles. The maximum absolute atomic E-state index is 13.1. The van der Waals surface area contributed by atoms with Gasteiger partial charge in [0.25, 0.3) is 0 Å². The van der Waals surface area contributed by atoms with Crippen LogP contribution in [0.15, 0.2) is 78.0 Å². The molecule has 1 unspecified atom stereocenters. The Morgan fingerprint density at radius 3 is 2.39 bits per heavy atom. The number of aromatic nitrogens is 3. The van der Waals surface area contributed by atoms with Crippen molar-refractivity contribution in [2.45, 2.75) is 45.5 Å². The number of halogens is 3. The summed E-state index contributed by atoms with van der Waals surface area (Å²) in [5.41, 5.74) is 3.63. The van der Waals surface area contributed by atoms with Crippen molar-refractivity contribution in [2.24, 2.45) is 4.99 Å². The Kier molecular flexibility index (Phi) is 9.65. The second kappa shape index (κ2) is 13.6. The Bertz CT molecular complexity index is 1740. The lowest BCUT2D eigenvalue weighted by molar-refractivity contribution is -0.274. The molecule has 240 valence electrons. The van der Waals surface area contributed by atoms with E-state index in [1.165, 1.54) is 51.9 Å². The second-order valence-electron chi connectivity index (χ2n) is 10.6. The number of nitrogens with zero attached hydrogens (tertiary/aromatic N) is 5. The summed E-state index contributed by atoms with van der Waals surface area (Å²) in [6.07, 6.45) is -2.72. The van der Waals surface area contributed by atoms with Gasteiger partial charge in [0.15, 0.2) is 11.0 Å². The molecule has 46 heavy (non-hydrogen) atoms. The number of nitrogens with one attached hydrogen (secondary N) is 1. The molecule has 0 aliphatic carbocycles. The molecule has 1 aliphatic rings. The third-order valence-electron chi connectivity index (χ3n) is 7.16. The average Bonchev–Trinajstić information content (AvgIpc) is 3.66. The van der Waals surface area contributed by atoms with Gasteiger partial charge in [-0.15, -0.1) is 18.3 Å². The fourth-order valence-electron chi connectivity index (χ4n) is 4.88. The minimum Gasteiger partial charge on any atom is -0.497 e. The summed E-state index contributed by atoms with van der Waals surface area (Å²) in [5, 5.41) is 7.69. The molecule has 10 nitrogen and oxygen atoms in total. The van der Waals surface area contributed by atoms with Gasteiger partial charge in [0, 0.05) is 5.56 Å². The summed E-state index contributed by atoms with van der Waals surface area (Å²) in [5.74, 6) is 0.875. The minimum atomic E-state index is -4.77. The van der Waals surface area contributed by atoms with Crippen LogP contribution in [0, 0.1) is 0 Å². The van der Waals surface area contributed by atoms with Gasteiger partial charge in [0.05, 0.1) is 30.3 Å². The fourth-order valence-corrected chi connectivity index (χ4v) is 5.74. The SMILES string of the molecule is CCC(NC(=O)/N=C1\SCC(=O)N1c1ccc(OC)cc1C(C)C)c1ccc(-c2ncn(-c3ccc(OC(F)(F)F)cc3)n2)cc1. The first-order chi connectivity index (χ1) is 22.0. The Hall–Kier alpha value is -4.85. The summed E-state index contributed by atoms with van der Waals surface area (Å²) in [6.45, 7) is 5.98. The molecule has 2 heterocycles. The lowest BCUT2D eigenvalue weighted by Crippen LogP contribution is -2.33. The topological polar surface area (TPSA) is 111 Å². The highest BCUT2D eigenvalue weighted by Crippen LogP contribution is 2.36. The lowest BCUT2D eigenvalue weighted by atomic mass is 10.00. The first kappa shape index (κ1) is 32.5. The smallest absolute Gasteiger partial charge is 0.497 e. The van der Waals surface area contributed by atoms with E-state index < -0.39 is 12.4 Å². The summed E-state index contributed by atoms with van der Waals surface area (Å²) in [6, 6.07) is 17.2. The predicted molar refractivity (Wildman–Crippen MR) is 170 cm³/mol. The Labute approximate surface area is 267 Å². The number of alkyl halides is 3. The molecule has 1 saturated heterocycles. The van der Waals surface area contributed by atoms with Gasteiger partial charge < -0.3 is 14.8 Å². The average molecular weight is 653 g/mol. The van der Waals surface area contributed by atoms with E-state index in [2.05, 4.69) is 25.1 Å². The molecule has 3 aromatic carbocycles. The van der Waals surface area contributed by atoms with E-state index >= 15 is 0 Å². The van der Waals surface area contributed by atoms with Crippen LogP contribution in [0.2, 0.25) is 0 Å². The third kappa shape index (κ3) is 7.50. The van der Waals surface area contributed by atoms with Crippen LogP contribution in [0.4, 0.5) is 23.7 Å². The largest absolute Gasteiger partial charge is 0.573 e. The van der Waals surface area contributed by atoms with E-state index in [0.717, 1.165) is 11.1 Å². The number of carbonyl (C=O) groups is 2. The van der Waals surface area contributed by atoms with Crippen molar-refractivity contribution in [1.82, 2.24) is 20.1 Å². The van der Waals surface area contributed by atoms with Crippen molar-refractivity contribution >= 4 is 34.6 Å². The second-order valence-corrected chi connectivity index (χ2v) is 11.5. The van der Waals surface area contributed by atoms with Crippen LogP contribution in [-0.4, -0.2) is 51.1 Å². The number of benzene rings is 3. The number of rotatable bonds is 9. The van der Waals surface area contributed by atoms with Crippen molar-refractivity contribution in [3.05, 3.63) is 84.2 Å². The van der Waals surface area contributed by atoms with Crippen LogP contribution < -0.4 is 19.7 Å². The fraction of sp³-hybridized carbons (Fsp3) is 0.281. The summed E-state index contributed by atoms with van der Waals surface area (Å²) < 4.78 is 48.1. The first-order valence-corrected chi connectivity index (χ1v) is 15.3. The van der Waals surface area contributed by atoms with Crippen LogP contribution in [0.5, 0.6) is 11.5 Å². The molecule has 0 saturated carbocycles. The van der Waals surface area contributed by atoms with E-state index in [-0.39, 0.29) is 29.4 Å². The monoisotopic (exact) mass is 652 g/mol. The molecule has 0 bridgehead atoms. The number of hydrogen-bond acceptors (Lipinski definition) is 7. The summed E-state index contributed by atoms with van der Waals surface area (Å²) >= 11 is 1.21. The van der Waals surface area contributed by atoms with Crippen LogP contribution >= 0.6 is 11.8 Å². The molecule has 1 fully saturated rings. The van der Waals surface area contributed by atoms with Gasteiger partial charge in [-0.1, -0.05) is 56.8 Å². The summed E-state index contributed by atoms with van der Waals surface area (Å²) in [4.78, 5) is 36.1. The lowest BCUT2D eigenvalue weighted by Gasteiger charge is -2.22. The number of ether oxygens (including phenoxy) is 2. The molecular weight excluding hydrogens is 621 g/mol. The Balaban J connectivity index is 1.28. The Morgan fingerprint density at radius 2 is 1.76 bits per heavy atom. The van der Waals surface area contributed by atoms with Crippen LogP contribution in [-0.2, 0) is 4.79 Å². The van der Waals surface area contributed by atoms with E-state index in [1.54, 1.807) is 13.2 Å². The number of amidine groups is 1. The van der Waals surface area contributed by atoms with Crippen LogP contribution in [0.1, 0.15) is 50.3 Å². The first-order valence-electron chi connectivity index (χ1n) is 14.4. The number of anilines is 1. The maximum atomic E-state index is 13.1. The zero-order valence-electron chi connectivity index (χ0n) is 25.4. The van der Waals surface area contributed by atoms with Gasteiger partial charge in [-0.05, 0) is 65.9 Å². The van der Waals surface area contributed by atoms with Gasteiger partial charge in [0.2, 0.25) is 5.91 Å². The molecule has 14 heteroatoms. The minimum absolute atomic E-state index is 0.100. The van der Waals surface area contributed by atoms with Gasteiger partial charge in [-0.25, -0.2) is 14.5 Å². The highest BCUT2D eigenvalue weighted by atomic mass is 32.2. The van der Waals surface area contributed by atoms with E-state index in [9.17, 15) is 22.8 Å². The molecule has 4 aromatic rings. The van der Waals surface area contributed by atoms with Crippen molar-refractivity contribution < 1.29 is 32.2 Å². The van der Waals surface area contributed by atoms with E-state index in [1.807, 2.05) is 57.2 Å². The molecule has 1 N–H and O–H groups in total. The standard InChI is InChI=1S/C32H31F3N6O4S/c1-5-26(37-30(43)38-31-41(28(42)17-46-31)27-15-14-24(44-4)16-25(27)19(2)3)20-6-8-21(9-7-20)29-36-18-40(39-29)22-10-12-23(13-11-22)45-32(33,34)35/h6-16,18-19,26H,5,17H2,1-4H3,(H,37,43)/b38-31-. The van der Waals surface area contributed by atoms with Crippen LogP contribution in [0.25, 0.3) is 17.1 Å². The number of carbonyl (C=O) groups excluding carboxylic acids is 2. The van der Waals surface area contributed by atoms with Gasteiger partial charge in [0.1, 0.15) is 17.8 Å². The van der Waals surface area contributed by atoms with Crippen molar-refractivity contribution in [3.63, 3.8) is 0 Å². The maximum Gasteiger partial charge on any atom is 0.573 e. The number of aliphatic imine (C=N–C) groups is 1. The Morgan fingerprint density at radius 1 is 1.07 bits per heavy atom. The van der Waals surface area contributed by atoms with Crippen molar-refractivity contribution in [3.8, 4) is 28.6 Å². The highest BCUT2D eigenvalue weighted by molar-refractivity contribution is 8.15. The normalized spacial score (nSPS) is 15.0. The van der Waals surface area contributed by atoms with Gasteiger partial charge >= 0.3 is 12.4 Å². The zero-order valence-corrected chi connectivity index (χ0v) is 26.2. The van der Waals surface area contributed by atoms with Gasteiger partial charge in [-0.3, -0.25) is 9.69 Å². The number of thioether (sulfide) groups is 1. The number of amides is 3. The summed E-state index contributed by atoms with van der Waals surface area (Å²) in [7, 11) is 1.58. The number of urea groups is 1. The third-order valence-corrected chi connectivity index (χ3v) is 8.09. The van der Waals surface area contributed by atoms with E-state index in [4.69, 9.17) is 4.74 Å². The van der Waals surface area contributed by atoms with Crippen molar-refractivity contribution in [2.75, 3.05) is 17.8 Å². The molecule has 0 spiro atoms. The van der Waals surface area contributed by atoms with Crippen molar-refractivity contribution in [1.29, 1.82) is 0 Å². The highest BCUT2D eigenvalue weighted by Gasteiger charge is 2.33. The quantitative estimate of drug-likeness (QED) is 0.203. The van der Waals surface area contributed by atoms with Gasteiger partial charge in [-0.2, -0.15) is 4.99 Å². The zero-order chi connectivity index (χ0) is 33.0. The molecule has 5 rings (SSSR count). The predicted octanol–water partition coefficient (Wildman–Crippen LogP) is 7.26. The molecular formula is C32H31F3N6O4S.